The highest BCUT2D eigenvalue weighted by Crippen LogP contribution is 2.30. The van der Waals surface area contributed by atoms with E-state index in [4.69, 9.17) is 4.74 Å². The number of para-hydroxylation sites is 1. The van der Waals surface area contributed by atoms with Crippen LogP contribution in [0.5, 0.6) is 0 Å². The number of nitro benzene ring substituents is 1. The number of carbonyl (C=O) groups is 2. The average molecular weight is 464 g/mol. The molecule has 0 aromatic heterocycles. The van der Waals surface area contributed by atoms with Gasteiger partial charge in [0, 0.05) is 11.6 Å². The molecular weight excluding hydrogens is 440 g/mol. The van der Waals surface area contributed by atoms with Gasteiger partial charge in [0.05, 0.1) is 41.1 Å². The van der Waals surface area contributed by atoms with Crippen molar-refractivity contribution in [1.82, 2.24) is 4.72 Å². The van der Waals surface area contributed by atoms with Crippen molar-refractivity contribution in [3.05, 3.63) is 69.3 Å². The van der Waals surface area contributed by atoms with Gasteiger partial charge in [-0.05, 0) is 44.5 Å². The van der Waals surface area contributed by atoms with Crippen molar-refractivity contribution in [2.24, 2.45) is 0 Å². The largest absolute Gasteiger partial charge is 0.465 e. The third kappa shape index (κ3) is 6.11. The van der Waals surface area contributed by atoms with E-state index in [1.54, 1.807) is 13.8 Å². The first-order valence-electron chi connectivity index (χ1n) is 9.60. The second kappa shape index (κ2) is 10.3. The molecule has 2 aromatic rings. The number of rotatable bonds is 9. The number of hydrogen-bond donors (Lipinski definition) is 1. The highest BCUT2D eigenvalue weighted by Gasteiger charge is 2.30. The van der Waals surface area contributed by atoms with Crippen LogP contribution in [-0.2, 0) is 24.3 Å². The summed E-state index contributed by atoms with van der Waals surface area (Å²) in [5, 5.41) is 11.5. The van der Waals surface area contributed by atoms with Crippen LogP contribution >= 0.6 is 0 Å². The number of nitrogens with one attached hydrogen (secondary N) is 1. The maximum Gasteiger partial charge on any atom is 0.337 e. The molecule has 2 rings (SSSR count). The molecule has 0 bridgehead atoms. The molecule has 2 aromatic carbocycles. The van der Waals surface area contributed by atoms with Crippen LogP contribution in [0.25, 0.3) is 0 Å². The smallest absolute Gasteiger partial charge is 0.337 e. The predicted octanol–water partition coefficient (Wildman–Crippen LogP) is 3.05. The minimum absolute atomic E-state index is 0.0191. The first-order valence-corrected chi connectivity index (χ1v) is 11.1. The Hall–Kier alpha value is -3.31. The number of aryl methyl sites for hydroxylation is 1. The molecule has 0 aliphatic carbocycles. The predicted molar refractivity (Wildman–Crippen MR) is 115 cm³/mol. The van der Waals surface area contributed by atoms with Crippen molar-refractivity contribution in [3.63, 3.8) is 0 Å². The maximum absolute atomic E-state index is 13.1. The van der Waals surface area contributed by atoms with Crippen LogP contribution in [0, 0.1) is 17.0 Å². The van der Waals surface area contributed by atoms with Crippen molar-refractivity contribution >= 4 is 27.6 Å². The lowest BCUT2D eigenvalue weighted by Gasteiger charge is -2.20. The van der Waals surface area contributed by atoms with Gasteiger partial charge < -0.3 is 9.47 Å². The van der Waals surface area contributed by atoms with Crippen LogP contribution in [0.2, 0.25) is 0 Å². The second-order valence-corrected chi connectivity index (χ2v) is 8.89. The summed E-state index contributed by atoms with van der Waals surface area (Å²) in [5.74, 6) is -1.34. The summed E-state index contributed by atoms with van der Waals surface area (Å²) >= 11 is 0. The molecule has 1 unspecified atom stereocenters. The Bertz CT molecular complexity index is 1130. The lowest BCUT2D eigenvalue weighted by atomic mass is 10.0. The number of benzene rings is 2. The average Bonchev–Trinajstić information content (AvgIpc) is 2.71. The topological polar surface area (TPSA) is 142 Å². The third-order valence-corrected chi connectivity index (χ3v) is 6.06. The molecule has 0 heterocycles. The van der Waals surface area contributed by atoms with E-state index in [9.17, 15) is 28.1 Å². The number of esters is 2. The molecule has 0 spiro atoms. The molecule has 0 aliphatic rings. The zero-order valence-corrected chi connectivity index (χ0v) is 18.8. The fraction of sp³-hybridized carbons (Fsp3) is 0.333. The van der Waals surface area contributed by atoms with Gasteiger partial charge in [-0.2, -0.15) is 0 Å². The van der Waals surface area contributed by atoms with Gasteiger partial charge in [0.15, 0.2) is 0 Å². The Kier molecular flexibility index (Phi) is 8.06. The minimum atomic E-state index is -4.24. The molecule has 0 saturated carbocycles. The number of hydrogen-bond acceptors (Lipinski definition) is 8. The van der Waals surface area contributed by atoms with Crippen molar-refractivity contribution in [2.45, 2.75) is 44.2 Å². The third-order valence-electron chi connectivity index (χ3n) is 4.43. The van der Waals surface area contributed by atoms with Gasteiger partial charge in [-0.3, -0.25) is 14.9 Å². The molecular formula is C21H24N2O8S. The Morgan fingerprint density at radius 2 is 1.81 bits per heavy atom. The number of methoxy groups -OCH3 is 1. The molecule has 1 atom stereocenters. The van der Waals surface area contributed by atoms with Gasteiger partial charge in [-0.1, -0.05) is 18.2 Å². The molecule has 172 valence electrons. The lowest BCUT2D eigenvalue weighted by Crippen LogP contribution is -2.32. The van der Waals surface area contributed by atoms with E-state index in [-0.39, 0.29) is 27.3 Å². The molecule has 0 amide bonds. The monoisotopic (exact) mass is 464 g/mol. The van der Waals surface area contributed by atoms with Gasteiger partial charge in [-0.25, -0.2) is 17.9 Å². The Morgan fingerprint density at radius 3 is 2.38 bits per heavy atom. The van der Waals surface area contributed by atoms with Crippen molar-refractivity contribution in [3.8, 4) is 0 Å². The molecule has 11 heteroatoms. The second-order valence-electron chi connectivity index (χ2n) is 7.20. The highest BCUT2D eigenvalue weighted by molar-refractivity contribution is 7.89. The van der Waals surface area contributed by atoms with E-state index in [1.807, 2.05) is 0 Å². The number of carbonyl (C=O) groups excluding carboxylic acids is 2. The van der Waals surface area contributed by atoms with E-state index in [0.29, 0.717) is 0 Å². The molecule has 0 saturated heterocycles. The highest BCUT2D eigenvalue weighted by atomic mass is 32.2. The van der Waals surface area contributed by atoms with Crippen molar-refractivity contribution < 1.29 is 32.4 Å². The van der Waals surface area contributed by atoms with Crippen molar-refractivity contribution in [1.29, 1.82) is 0 Å². The number of sulfonamides is 1. The Labute approximate surface area is 185 Å². The van der Waals surface area contributed by atoms with Crippen LogP contribution in [-0.4, -0.2) is 38.5 Å². The molecule has 10 nitrogen and oxygen atoms in total. The molecule has 0 radical (unpaired) electrons. The standard InChI is InChI=1S/C21H24N2O8S/c1-13(2)31-20(24)12-17(16-7-5-6-8-18(16)23(26)27)22-32(28,29)19-10-9-15(11-14(19)3)21(25)30-4/h5-11,13,17,22H,12H2,1-4H3. The SMILES string of the molecule is COC(=O)c1ccc(S(=O)(=O)NC(CC(=O)OC(C)C)c2ccccc2[N+](=O)[O-])c(C)c1. The molecule has 32 heavy (non-hydrogen) atoms. The fourth-order valence-corrected chi connectivity index (χ4v) is 4.53. The van der Waals surface area contributed by atoms with E-state index in [1.165, 1.54) is 56.5 Å². The normalized spacial score (nSPS) is 12.3. The van der Waals surface area contributed by atoms with Gasteiger partial charge in [-0.15, -0.1) is 0 Å². The summed E-state index contributed by atoms with van der Waals surface area (Å²) in [6.45, 7) is 4.76. The summed E-state index contributed by atoms with van der Waals surface area (Å²) in [6, 6.07) is 8.17. The van der Waals surface area contributed by atoms with Crippen LogP contribution in [0.4, 0.5) is 5.69 Å². The summed E-state index contributed by atoms with van der Waals surface area (Å²) < 4.78 is 38.4. The first kappa shape index (κ1) is 25.0. The van der Waals surface area contributed by atoms with E-state index in [0.717, 1.165) is 0 Å². The summed E-state index contributed by atoms with van der Waals surface area (Å²) in [6.07, 6.45) is -0.903. The minimum Gasteiger partial charge on any atom is -0.465 e. The zero-order valence-electron chi connectivity index (χ0n) is 18.0. The van der Waals surface area contributed by atoms with Gasteiger partial charge in [0.2, 0.25) is 10.0 Å². The van der Waals surface area contributed by atoms with Crippen LogP contribution in [0.15, 0.2) is 47.4 Å². The molecule has 1 N–H and O–H groups in total. The lowest BCUT2D eigenvalue weighted by molar-refractivity contribution is -0.385. The van der Waals surface area contributed by atoms with Crippen LogP contribution in [0.1, 0.15) is 47.8 Å². The first-order chi connectivity index (χ1) is 15.0. The van der Waals surface area contributed by atoms with Gasteiger partial charge in [0.1, 0.15) is 0 Å². The van der Waals surface area contributed by atoms with Crippen LogP contribution in [0.3, 0.4) is 0 Å². The number of nitro groups is 1. The summed E-state index contributed by atoms with van der Waals surface area (Å²) in [4.78, 5) is 34.7. The van der Waals surface area contributed by atoms with Crippen LogP contribution < -0.4 is 4.72 Å². The van der Waals surface area contributed by atoms with Crippen molar-refractivity contribution in [2.75, 3.05) is 7.11 Å². The Morgan fingerprint density at radius 1 is 1.16 bits per heavy atom. The van der Waals surface area contributed by atoms with E-state index >= 15 is 0 Å². The maximum atomic E-state index is 13.1. The fourth-order valence-electron chi connectivity index (χ4n) is 3.09. The quantitative estimate of drug-likeness (QED) is 0.339. The number of nitrogens with zero attached hydrogens (tertiary/aromatic N) is 1. The zero-order chi connectivity index (χ0) is 24.1. The number of ether oxygens (including phenoxy) is 2. The summed E-state index contributed by atoms with van der Waals surface area (Å²) in [7, 11) is -3.03. The van der Waals surface area contributed by atoms with E-state index < -0.39 is 45.5 Å². The Balaban J connectivity index is 2.48. The summed E-state index contributed by atoms with van der Waals surface area (Å²) in [5.41, 5.74) is 0.104. The van der Waals surface area contributed by atoms with E-state index in [2.05, 4.69) is 9.46 Å². The molecule has 0 aliphatic heterocycles. The molecule has 0 fully saturated rings. The van der Waals surface area contributed by atoms with Gasteiger partial charge >= 0.3 is 11.9 Å². The van der Waals surface area contributed by atoms with Gasteiger partial charge in [0.25, 0.3) is 5.69 Å².